The van der Waals surface area contributed by atoms with Gasteiger partial charge in [-0.3, -0.25) is 9.59 Å². The van der Waals surface area contributed by atoms with Crippen molar-refractivity contribution in [3.63, 3.8) is 0 Å². The summed E-state index contributed by atoms with van der Waals surface area (Å²) in [5, 5.41) is 0. The van der Waals surface area contributed by atoms with E-state index in [2.05, 4.69) is 43.1 Å². The lowest BCUT2D eigenvalue weighted by atomic mass is 9.94. The van der Waals surface area contributed by atoms with Crippen molar-refractivity contribution in [2.24, 2.45) is 0 Å². The number of carbonyl (C=O) groups excluding carboxylic acids is 1. The summed E-state index contributed by atoms with van der Waals surface area (Å²) in [7, 11) is 0. The van der Waals surface area contributed by atoms with Crippen LogP contribution in [0.1, 0.15) is 66.4 Å². The van der Waals surface area contributed by atoms with Crippen LogP contribution < -0.4 is 5.56 Å². The minimum absolute atomic E-state index is 0.0550. The predicted molar refractivity (Wildman–Crippen MR) is 125 cm³/mol. The lowest BCUT2D eigenvalue weighted by Gasteiger charge is -2.28. The van der Waals surface area contributed by atoms with E-state index in [0.717, 1.165) is 29.9 Å². The normalized spacial score (nSPS) is 16.7. The van der Waals surface area contributed by atoms with Gasteiger partial charge in [0, 0.05) is 13.0 Å². The molecule has 1 N–H and O–H groups in total. The second-order valence-corrected chi connectivity index (χ2v) is 9.43. The molecule has 1 fully saturated rings. The molecule has 0 atom stereocenters. The third-order valence-electron chi connectivity index (χ3n) is 6.95. The van der Waals surface area contributed by atoms with Gasteiger partial charge in [0.2, 0.25) is 5.91 Å². The fraction of sp³-hybridized carbons (Fsp3) is 0.370. The van der Waals surface area contributed by atoms with Crippen LogP contribution in [0.15, 0.2) is 59.4 Å². The summed E-state index contributed by atoms with van der Waals surface area (Å²) < 4.78 is 0. The molecule has 1 saturated carbocycles. The Hall–Kier alpha value is -3.21. The molecule has 2 heterocycles. The highest BCUT2D eigenvalue weighted by Gasteiger charge is 2.48. The second-order valence-electron chi connectivity index (χ2n) is 9.43. The number of hydrogen-bond donors (Lipinski definition) is 1. The third kappa shape index (κ3) is 3.77. The topological polar surface area (TPSA) is 66.1 Å². The second kappa shape index (κ2) is 8.05. The summed E-state index contributed by atoms with van der Waals surface area (Å²) in [6.45, 7) is 5.25. The molecular formula is C27H29N3O2. The molecule has 0 bridgehead atoms. The number of hydrogen-bond acceptors (Lipinski definition) is 3. The molecule has 5 rings (SSSR count). The molecule has 164 valence electrons. The van der Waals surface area contributed by atoms with Gasteiger partial charge in [0.1, 0.15) is 5.82 Å². The molecule has 1 aliphatic carbocycles. The highest BCUT2D eigenvalue weighted by atomic mass is 16.2. The summed E-state index contributed by atoms with van der Waals surface area (Å²) in [6.07, 6.45) is 2.97. The van der Waals surface area contributed by atoms with E-state index in [1.807, 2.05) is 30.3 Å². The number of H-pyrrole nitrogens is 1. The number of amides is 1. The molecule has 2 aromatic carbocycles. The van der Waals surface area contributed by atoms with Gasteiger partial charge in [-0.1, -0.05) is 68.4 Å². The van der Waals surface area contributed by atoms with E-state index in [-0.39, 0.29) is 16.9 Å². The monoisotopic (exact) mass is 427 g/mol. The average Bonchev–Trinajstić information content (AvgIpc) is 3.62. The van der Waals surface area contributed by atoms with Gasteiger partial charge < -0.3 is 9.88 Å². The predicted octanol–water partition coefficient (Wildman–Crippen LogP) is 4.10. The van der Waals surface area contributed by atoms with E-state index in [4.69, 9.17) is 4.98 Å². The number of aromatic amines is 1. The summed E-state index contributed by atoms with van der Waals surface area (Å²) in [5.41, 5.74) is 4.69. The van der Waals surface area contributed by atoms with Crippen molar-refractivity contribution in [1.29, 1.82) is 0 Å². The van der Waals surface area contributed by atoms with Gasteiger partial charge in [0.25, 0.3) is 5.56 Å². The Bertz CT molecular complexity index is 1190. The maximum absolute atomic E-state index is 13.0. The lowest BCUT2D eigenvalue weighted by molar-refractivity contribution is -0.131. The SMILES string of the molecule is CC(C)c1ccc(CC(=O)N2CCc3nc(C4(c5ccccc5)CC4)[nH]c(=O)c3C2)cc1. The molecule has 0 saturated heterocycles. The van der Waals surface area contributed by atoms with Gasteiger partial charge in [-0.15, -0.1) is 0 Å². The van der Waals surface area contributed by atoms with Crippen LogP contribution in [0.2, 0.25) is 0 Å². The van der Waals surface area contributed by atoms with Crippen molar-refractivity contribution in [3.05, 3.63) is 98.7 Å². The quantitative estimate of drug-likeness (QED) is 0.667. The zero-order chi connectivity index (χ0) is 22.3. The van der Waals surface area contributed by atoms with Crippen molar-refractivity contribution >= 4 is 5.91 Å². The lowest BCUT2D eigenvalue weighted by Crippen LogP contribution is -2.41. The molecule has 1 amide bonds. The van der Waals surface area contributed by atoms with Crippen molar-refractivity contribution in [1.82, 2.24) is 14.9 Å². The zero-order valence-electron chi connectivity index (χ0n) is 18.7. The Labute approximate surface area is 188 Å². The largest absolute Gasteiger partial charge is 0.337 e. The first-order valence-corrected chi connectivity index (χ1v) is 11.5. The van der Waals surface area contributed by atoms with E-state index < -0.39 is 0 Å². The first-order valence-electron chi connectivity index (χ1n) is 11.5. The molecule has 0 unspecified atom stereocenters. The molecule has 2 aliphatic rings. The molecule has 0 radical (unpaired) electrons. The Morgan fingerprint density at radius 3 is 2.47 bits per heavy atom. The highest BCUT2D eigenvalue weighted by Crippen LogP contribution is 2.51. The minimum Gasteiger partial charge on any atom is -0.337 e. The van der Waals surface area contributed by atoms with Crippen molar-refractivity contribution in [3.8, 4) is 0 Å². The van der Waals surface area contributed by atoms with Gasteiger partial charge in [0.05, 0.1) is 29.6 Å². The van der Waals surface area contributed by atoms with Crippen LogP contribution >= 0.6 is 0 Å². The third-order valence-corrected chi connectivity index (χ3v) is 6.95. The fourth-order valence-electron chi connectivity index (χ4n) is 4.72. The Balaban J connectivity index is 1.33. The van der Waals surface area contributed by atoms with E-state index in [1.165, 1.54) is 11.1 Å². The maximum atomic E-state index is 13.0. The molecule has 0 spiro atoms. The van der Waals surface area contributed by atoms with Crippen LogP contribution in [0.4, 0.5) is 0 Å². The van der Waals surface area contributed by atoms with Crippen molar-refractivity contribution in [2.45, 2.75) is 57.4 Å². The van der Waals surface area contributed by atoms with Crippen LogP contribution in [-0.4, -0.2) is 27.3 Å². The van der Waals surface area contributed by atoms with Crippen molar-refractivity contribution < 1.29 is 4.79 Å². The highest BCUT2D eigenvalue weighted by molar-refractivity contribution is 5.79. The maximum Gasteiger partial charge on any atom is 0.256 e. The van der Waals surface area contributed by atoms with Crippen LogP contribution in [0.3, 0.4) is 0 Å². The number of aromatic nitrogens is 2. The standard InChI is InChI=1S/C27H29N3O2/c1-18(2)20-10-8-19(9-11-20)16-24(31)30-15-12-23-22(17-30)25(32)29-26(28-23)27(13-14-27)21-6-4-3-5-7-21/h3-11,18H,12-17H2,1-2H3,(H,28,29,32). The molecule has 5 nitrogen and oxygen atoms in total. The molecule has 1 aliphatic heterocycles. The van der Waals surface area contributed by atoms with E-state index >= 15 is 0 Å². The Morgan fingerprint density at radius 1 is 1.09 bits per heavy atom. The van der Waals surface area contributed by atoms with Crippen LogP contribution in [0.5, 0.6) is 0 Å². The number of nitrogens with one attached hydrogen (secondary N) is 1. The van der Waals surface area contributed by atoms with Crippen molar-refractivity contribution in [2.75, 3.05) is 6.54 Å². The summed E-state index contributed by atoms with van der Waals surface area (Å²) >= 11 is 0. The Kier molecular flexibility index (Phi) is 5.20. The number of rotatable bonds is 5. The van der Waals surface area contributed by atoms with E-state index in [1.54, 1.807) is 4.90 Å². The van der Waals surface area contributed by atoms with E-state index in [9.17, 15) is 9.59 Å². The zero-order valence-corrected chi connectivity index (χ0v) is 18.7. The van der Waals surface area contributed by atoms with Gasteiger partial charge in [0.15, 0.2) is 0 Å². The van der Waals surface area contributed by atoms with Gasteiger partial charge in [-0.05, 0) is 35.4 Å². The smallest absolute Gasteiger partial charge is 0.256 e. The fourth-order valence-corrected chi connectivity index (χ4v) is 4.72. The number of fused-ring (bicyclic) bond motifs is 1. The average molecular weight is 428 g/mol. The van der Waals surface area contributed by atoms with Crippen LogP contribution in [-0.2, 0) is 29.6 Å². The minimum atomic E-state index is -0.162. The number of nitrogens with zero attached hydrogens (tertiary/aromatic N) is 2. The molecule has 3 aromatic rings. The first kappa shape index (κ1) is 20.7. The van der Waals surface area contributed by atoms with Gasteiger partial charge in [-0.25, -0.2) is 4.98 Å². The number of carbonyl (C=O) groups is 1. The molecular weight excluding hydrogens is 398 g/mol. The van der Waals surface area contributed by atoms with Crippen LogP contribution in [0.25, 0.3) is 0 Å². The summed E-state index contributed by atoms with van der Waals surface area (Å²) in [5.74, 6) is 1.30. The van der Waals surface area contributed by atoms with Gasteiger partial charge in [-0.2, -0.15) is 0 Å². The molecule has 1 aromatic heterocycles. The Morgan fingerprint density at radius 2 is 1.81 bits per heavy atom. The number of benzene rings is 2. The van der Waals surface area contributed by atoms with Gasteiger partial charge >= 0.3 is 0 Å². The van der Waals surface area contributed by atoms with E-state index in [0.29, 0.717) is 37.4 Å². The summed E-state index contributed by atoms with van der Waals surface area (Å²) in [4.78, 5) is 35.7. The molecule has 5 heteroatoms. The first-order chi connectivity index (χ1) is 15.5. The van der Waals surface area contributed by atoms with Crippen LogP contribution in [0, 0.1) is 0 Å². The summed E-state index contributed by atoms with van der Waals surface area (Å²) in [6, 6.07) is 18.5. The molecule has 32 heavy (non-hydrogen) atoms.